The number of benzene rings is 1. The Morgan fingerprint density at radius 3 is 3.05 bits per heavy atom. The zero-order valence-electron chi connectivity index (χ0n) is 12.0. The van der Waals surface area contributed by atoms with Gasteiger partial charge in [0.25, 0.3) is 0 Å². The van der Waals surface area contributed by atoms with Crippen LogP contribution in [0.5, 0.6) is 0 Å². The third kappa shape index (κ3) is 3.98. The summed E-state index contributed by atoms with van der Waals surface area (Å²) in [5, 5.41) is 11.5. The van der Waals surface area contributed by atoms with Crippen molar-refractivity contribution in [2.75, 3.05) is 19.6 Å². The molecule has 2 heterocycles. The van der Waals surface area contributed by atoms with Crippen LogP contribution in [0.3, 0.4) is 0 Å². The molecule has 1 aliphatic heterocycles. The molecule has 1 fully saturated rings. The summed E-state index contributed by atoms with van der Waals surface area (Å²) in [6.07, 6.45) is 1.92. The lowest BCUT2D eigenvalue weighted by molar-refractivity contribution is 0.200. The summed E-state index contributed by atoms with van der Waals surface area (Å²) >= 11 is 6.07. The van der Waals surface area contributed by atoms with Gasteiger partial charge in [-0.3, -0.25) is 10.00 Å². The summed E-state index contributed by atoms with van der Waals surface area (Å²) in [6, 6.07) is 8.43. The molecule has 114 valence electrons. The molecule has 1 aromatic heterocycles. The minimum absolute atomic E-state index is 0. The molecule has 0 saturated carbocycles. The maximum atomic E-state index is 6.07. The van der Waals surface area contributed by atoms with Crippen molar-refractivity contribution in [3.05, 3.63) is 41.0 Å². The van der Waals surface area contributed by atoms with Gasteiger partial charge < -0.3 is 5.32 Å². The van der Waals surface area contributed by atoms with Gasteiger partial charge in [-0.15, -0.1) is 12.4 Å². The van der Waals surface area contributed by atoms with E-state index in [1.165, 1.54) is 5.56 Å². The van der Waals surface area contributed by atoms with E-state index in [9.17, 15) is 0 Å². The SMILES string of the molecule is C[C@H]1CN(Cc2cn[nH]c2-c2cccc(Cl)c2)CCN1.Cl. The first-order valence-electron chi connectivity index (χ1n) is 6.96. The Morgan fingerprint density at radius 2 is 2.29 bits per heavy atom. The third-order valence-electron chi connectivity index (χ3n) is 3.68. The molecule has 0 amide bonds. The fourth-order valence-corrected chi connectivity index (χ4v) is 2.91. The second-order valence-corrected chi connectivity index (χ2v) is 5.81. The lowest BCUT2D eigenvalue weighted by Crippen LogP contribution is -2.48. The van der Waals surface area contributed by atoms with Crippen molar-refractivity contribution in [2.45, 2.75) is 19.5 Å². The molecule has 1 aromatic carbocycles. The van der Waals surface area contributed by atoms with E-state index in [-0.39, 0.29) is 12.4 Å². The summed E-state index contributed by atoms with van der Waals surface area (Å²) in [5.74, 6) is 0. The molecule has 0 unspecified atom stereocenters. The number of piperazine rings is 1. The molecule has 0 radical (unpaired) electrons. The Hall–Kier alpha value is -1.07. The topological polar surface area (TPSA) is 44.0 Å². The minimum Gasteiger partial charge on any atom is -0.312 e. The highest BCUT2D eigenvalue weighted by molar-refractivity contribution is 6.30. The van der Waals surface area contributed by atoms with Crippen molar-refractivity contribution >= 4 is 24.0 Å². The maximum Gasteiger partial charge on any atom is 0.0695 e. The largest absolute Gasteiger partial charge is 0.312 e. The van der Waals surface area contributed by atoms with Crippen LogP contribution in [0, 0.1) is 0 Å². The number of hydrogen-bond acceptors (Lipinski definition) is 3. The quantitative estimate of drug-likeness (QED) is 0.911. The van der Waals surface area contributed by atoms with Gasteiger partial charge in [0.05, 0.1) is 11.9 Å². The first-order valence-corrected chi connectivity index (χ1v) is 7.34. The van der Waals surface area contributed by atoms with Crippen LogP contribution < -0.4 is 5.32 Å². The van der Waals surface area contributed by atoms with Crippen molar-refractivity contribution in [1.29, 1.82) is 0 Å². The van der Waals surface area contributed by atoms with Crippen LogP contribution in [-0.4, -0.2) is 40.8 Å². The predicted octanol–water partition coefficient (Wildman–Crippen LogP) is 2.95. The van der Waals surface area contributed by atoms with Crippen molar-refractivity contribution in [2.24, 2.45) is 0 Å². The van der Waals surface area contributed by atoms with Gasteiger partial charge in [0, 0.05) is 48.4 Å². The Kier molecular flexibility index (Phi) is 5.65. The normalized spacial score (nSPS) is 19.2. The van der Waals surface area contributed by atoms with E-state index >= 15 is 0 Å². The second-order valence-electron chi connectivity index (χ2n) is 5.37. The second kappa shape index (κ2) is 7.27. The van der Waals surface area contributed by atoms with E-state index in [4.69, 9.17) is 11.6 Å². The Labute approximate surface area is 136 Å². The maximum absolute atomic E-state index is 6.07. The molecule has 0 aliphatic carbocycles. The van der Waals surface area contributed by atoms with E-state index in [1.54, 1.807) is 0 Å². The first kappa shape index (κ1) is 16.3. The van der Waals surface area contributed by atoms with Crippen LogP contribution >= 0.6 is 24.0 Å². The van der Waals surface area contributed by atoms with E-state index in [0.29, 0.717) is 6.04 Å². The lowest BCUT2D eigenvalue weighted by Gasteiger charge is -2.31. The van der Waals surface area contributed by atoms with Crippen molar-refractivity contribution < 1.29 is 0 Å². The number of nitrogens with zero attached hydrogens (tertiary/aromatic N) is 2. The molecule has 1 aliphatic rings. The average Bonchev–Trinajstić information content (AvgIpc) is 2.87. The van der Waals surface area contributed by atoms with E-state index in [2.05, 4.69) is 33.4 Å². The molecule has 3 rings (SSSR count). The van der Waals surface area contributed by atoms with Crippen LogP contribution in [0.25, 0.3) is 11.3 Å². The van der Waals surface area contributed by atoms with Crippen LogP contribution in [0.4, 0.5) is 0 Å². The molecule has 0 spiro atoms. The van der Waals surface area contributed by atoms with Gasteiger partial charge >= 0.3 is 0 Å². The molecular formula is C15H20Cl2N4. The van der Waals surface area contributed by atoms with Gasteiger partial charge in [-0.25, -0.2) is 0 Å². The number of nitrogens with one attached hydrogen (secondary N) is 2. The van der Waals surface area contributed by atoms with Gasteiger partial charge in [0.1, 0.15) is 0 Å². The molecule has 4 nitrogen and oxygen atoms in total. The number of halogens is 2. The third-order valence-corrected chi connectivity index (χ3v) is 3.91. The lowest BCUT2D eigenvalue weighted by atomic mass is 10.1. The molecule has 2 aromatic rings. The fraction of sp³-hybridized carbons (Fsp3) is 0.400. The Balaban J connectivity index is 0.00000161. The van der Waals surface area contributed by atoms with Crippen molar-refractivity contribution in [1.82, 2.24) is 20.4 Å². The number of aromatic amines is 1. The van der Waals surface area contributed by atoms with Gasteiger partial charge in [0.15, 0.2) is 0 Å². The van der Waals surface area contributed by atoms with Crippen LogP contribution in [0.2, 0.25) is 5.02 Å². The van der Waals surface area contributed by atoms with Crippen LogP contribution in [0.15, 0.2) is 30.5 Å². The standard InChI is InChI=1S/C15H19ClN4.ClH/c1-11-9-20(6-5-17-11)10-13-8-18-19-15(13)12-3-2-4-14(16)7-12;/h2-4,7-8,11,17H,5-6,9-10H2,1H3,(H,18,19);1H/t11-;/m0./s1. The Bertz CT molecular complexity index is 585. The number of rotatable bonds is 3. The molecule has 2 N–H and O–H groups in total. The number of H-pyrrole nitrogens is 1. The van der Waals surface area contributed by atoms with Crippen LogP contribution in [0.1, 0.15) is 12.5 Å². The monoisotopic (exact) mass is 326 g/mol. The minimum atomic E-state index is 0. The summed E-state index contributed by atoms with van der Waals surface area (Å²) in [4.78, 5) is 2.46. The fourth-order valence-electron chi connectivity index (χ4n) is 2.72. The molecule has 0 bridgehead atoms. The molecule has 21 heavy (non-hydrogen) atoms. The van der Waals surface area contributed by atoms with Gasteiger partial charge in [-0.2, -0.15) is 5.10 Å². The highest BCUT2D eigenvalue weighted by Crippen LogP contribution is 2.25. The summed E-state index contributed by atoms with van der Waals surface area (Å²) < 4.78 is 0. The zero-order valence-corrected chi connectivity index (χ0v) is 13.5. The summed E-state index contributed by atoms with van der Waals surface area (Å²) in [7, 11) is 0. The highest BCUT2D eigenvalue weighted by Gasteiger charge is 2.18. The molecule has 1 atom stereocenters. The molecule has 1 saturated heterocycles. The summed E-state index contributed by atoms with van der Waals surface area (Å²) in [5.41, 5.74) is 3.38. The first-order chi connectivity index (χ1) is 9.72. The van der Waals surface area contributed by atoms with Crippen LogP contribution in [-0.2, 0) is 6.54 Å². The van der Waals surface area contributed by atoms with Crippen molar-refractivity contribution in [3.63, 3.8) is 0 Å². The van der Waals surface area contributed by atoms with Crippen molar-refractivity contribution in [3.8, 4) is 11.3 Å². The molecular weight excluding hydrogens is 307 g/mol. The number of hydrogen-bond donors (Lipinski definition) is 2. The molecule has 6 heteroatoms. The average molecular weight is 327 g/mol. The summed E-state index contributed by atoms with van der Waals surface area (Å²) in [6.45, 7) is 6.33. The zero-order chi connectivity index (χ0) is 13.9. The van der Waals surface area contributed by atoms with Gasteiger partial charge in [-0.05, 0) is 19.1 Å². The Morgan fingerprint density at radius 1 is 1.43 bits per heavy atom. The number of aromatic nitrogens is 2. The van der Waals surface area contributed by atoms with E-state index in [1.807, 2.05) is 24.4 Å². The van der Waals surface area contributed by atoms with Gasteiger partial charge in [-0.1, -0.05) is 23.7 Å². The highest BCUT2D eigenvalue weighted by atomic mass is 35.5. The van der Waals surface area contributed by atoms with E-state index < -0.39 is 0 Å². The van der Waals surface area contributed by atoms with Gasteiger partial charge in [0.2, 0.25) is 0 Å². The van der Waals surface area contributed by atoms with E-state index in [0.717, 1.165) is 42.5 Å². The smallest absolute Gasteiger partial charge is 0.0695 e. The predicted molar refractivity (Wildman–Crippen MR) is 89.0 cm³/mol.